The number of nitriles is 3. The molecule has 5 aromatic rings. The van der Waals surface area contributed by atoms with Crippen LogP contribution in [0.5, 0.6) is 0 Å². The Morgan fingerprint density at radius 2 is 1.32 bits per heavy atom. The SMILES string of the molecule is [C-]#[N+]c1cc(C#N)c2c(c1)[Si](C)(C)c1cc(C#N)cc(C#N)c1N2B1c2ccccc2N2c3ccccc3C(C)(C)c3cccc1c32. The van der Waals surface area contributed by atoms with Gasteiger partial charge in [0.1, 0.15) is 14.1 Å². The standard InChI is InChI=1S/C39H27BN6Si/c1-39(2)28-11-6-8-15-32(28)45-33-16-9-7-13-30(33)40(31-14-10-12-29(39)38(31)45)46-36-25(22-42)17-24(21-41)18-34(36)47(4,5)35-20-27(44-3)19-26(23-43)37(35)46/h6-20H,1-2,4-5H3. The number of rotatable bonds is 1. The second kappa shape index (κ2) is 9.72. The van der Waals surface area contributed by atoms with Gasteiger partial charge in [-0.3, -0.25) is 0 Å². The van der Waals surface area contributed by atoms with Crippen LogP contribution in [0, 0.1) is 40.6 Å². The van der Waals surface area contributed by atoms with Gasteiger partial charge in [0.25, 0.3) is 0 Å². The third-order valence-corrected chi connectivity index (χ3v) is 13.8. The number of hydrogen-bond acceptors (Lipinski definition) is 5. The minimum atomic E-state index is -2.65. The molecule has 0 unspecified atom stereocenters. The monoisotopic (exact) mass is 618 g/mol. The Morgan fingerprint density at radius 3 is 2.02 bits per heavy atom. The molecular formula is C39H27BN6Si. The molecule has 0 bridgehead atoms. The zero-order valence-electron chi connectivity index (χ0n) is 26.4. The van der Waals surface area contributed by atoms with Crippen molar-refractivity contribution >= 4 is 70.3 Å². The van der Waals surface area contributed by atoms with Crippen LogP contribution in [0.4, 0.5) is 34.1 Å². The highest BCUT2D eigenvalue weighted by Crippen LogP contribution is 2.53. The lowest BCUT2D eigenvalue weighted by Crippen LogP contribution is -2.67. The Labute approximate surface area is 275 Å². The van der Waals surface area contributed by atoms with E-state index in [1.54, 1.807) is 12.1 Å². The van der Waals surface area contributed by atoms with E-state index in [1.165, 1.54) is 11.1 Å². The molecule has 0 saturated heterocycles. The molecule has 0 aliphatic carbocycles. The summed E-state index contributed by atoms with van der Waals surface area (Å²) < 4.78 is 0. The van der Waals surface area contributed by atoms with E-state index in [2.05, 4.69) is 120 Å². The highest BCUT2D eigenvalue weighted by molar-refractivity contribution is 7.04. The van der Waals surface area contributed by atoms with Crippen molar-refractivity contribution in [2.24, 2.45) is 0 Å². The minimum absolute atomic E-state index is 0.288. The van der Waals surface area contributed by atoms with Gasteiger partial charge in [-0.05, 0) is 62.8 Å². The van der Waals surface area contributed by atoms with Crippen molar-refractivity contribution in [1.82, 2.24) is 0 Å². The van der Waals surface area contributed by atoms with Crippen LogP contribution in [-0.2, 0) is 5.41 Å². The predicted molar refractivity (Wildman–Crippen MR) is 190 cm³/mol. The van der Waals surface area contributed by atoms with Crippen molar-refractivity contribution in [1.29, 1.82) is 15.8 Å². The summed E-state index contributed by atoms with van der Waals surface area (Å²) in [5, 5.41) is 33.3. The van der Waals surface area contributed by atoms with E-state index in [1.807, 2.05) is 18.2 Å². The van der Waals surface area contributed by atoms with Crippen LogP contribution in [0.3, 0.4) is 0 Å². The molecule has 0 aromatic heterocycles. The highest BCUT2D eigenvalue weighted by Gasteiger charge is 2.50. The maximum Gasteiger partial charge on any atom is 0.332 e. The van der Waals surface area contributed by atoms with Gasteiger partial charge in [0.15, 0.2) is 5.69 Å². The molecule has 3 heterocycles. The molecule has 0 fully saturated rings. The first kappa shape index (κ1) is 28.4. The largest absolute Gasteiger partial charge is 0.375 e. The van der Waals surface area contributed by atoms with E-state index < -0.39 is 14.9 Å². The Bertz CT molecular complexity index is 2320. The fourth-order valence-electron chi connectivity index (χ4n) is 8.16. The van der Waals surface area contributed by atoms with Crippen LogP contribution >= 0.6 is 0 Å². The molecule has 0 radical (unpaired) electrons. The van der Waals surface area contributed by atoms with Crippen molar-refractivity contribution in [2.75, 3.05) is 9.71 Å². The average Bonchev–Trinajstić information content (AvgIpc) is 3.09. The lowest BCUT2D eigenvalue weighted by Gasteiger charge is -2.50. The van der Waals surface area contributed by atoms with Gasteiger partial charge in [-0.15, -0.1) is 0 Å². The molecular weight excluding hydrogens is 591 g/mol. The molecule has 6 nitrogen and oxygen atoms in total. The molecule has 5 aromatic carbocycles. The number of fused-ring (bicyclic) bond motifs is 6. The number of anilines is 5. The lowest BCUT2D eigenvalue weighted by atomic mass is 9.45. The summed E-state index contributed by atoms with van der Waals surface area (Å²) >= 11 is 0. The molecule has 220 valence electrons. The summed E-state index contributed by atoms with van der Waals surface area (Å²) in [6.45, 7) is 16.4. The van der Waals surface area contributed by atoms with Gasteiger partial charge in [-0.25, -0.2) is 4.85 Å². The van der Waals surface area contributed by atoms with Gasteiger partial charge >= 0.3 is 6.85 Å². The number of para-hydroxylation sites is 3. The van der Waals surface area contributed by atoms with Crippen molar-refractivity contribution in [3.8, 4) is 18.2 Å². The molecule has 3 aliphatic heterocycles. The van der Waals surface area contributed by atoms with Gasteiger partial charge in [0, 0.05) is 28.2 Å². The van der Waals surface area contributed by atoms with Crippen LogP contribution in [0.2, 0.25) is 13.1 Å². The maximum atomic E-state index is 10.7. The first-order valence-corrected chi connectivity index (χ1v) is 18.5. The molecule has 47 heavy (non-hydrogen) atoms. The van der Waals surface area contributed by atoms with Crippen molar-refractivity contribution in [3.63, 3.8) is 0 Å². The quantitative estimate of drug-likeness (QED) is 0.162. The van der Waals surface area contributed by atoms with E-state index in [0.29, 0.717) is 22.4 Å². The zero-order chi connectivity index (χ0) is 32.8. The Morgan fingerprint density at radius 1 is 0.702 bits per heavy atom. The summed E-state index contributed by atoms with van der Waals surface area (Å²) in [5.41, 5.74) is 10.7. The van der Waals surface area contributed by atoms with Crippen molar-refractivity contribution < 1.29 is 0 Å². The summed E-state index contributed by atoms with van der Waals surface area (Å²) in [5.74, 6) is 0. The van der Waals surface area contributed by atoms with Crippen molar-refractivity contribution in [3.05, 3.63) is 130 Å². The lowest BCUT2D eigenvalue weighted by molar-refractivity contribution is 0.632. The van der Waals surface area contributed by atoms with Crippen LogP contribution in [0.25, 0.3) is 4.85 Å². The normalized spacial score (nSPS) is 15.4. The molecule has 0 saturated carbocycles. The second-order valence-corrected chi connectivity index (χ2v) is 17.8. The van der Waals surface area contributed by atoms with Crippen LogP contribution in [0.1, 0.15) is 41.7 Å². The predicted octanol–water partition coefficient (Wildman–Crippen LogP) is 6.35. The fourth-order valence-corrected chi connectivity index (χ4v) is 11.2. The maximum absolute atomic E-state index is 10.7. The van der Waals surface area contributed by atoms with Gasteiger partial charge < -0.3 is 9.71 Å². The Kier molecular flexibility index (Phi) is 5.88. The molecule has 0 N–H and O–H groups in total. The minimum Gasteiger partial charge on any atom is -0.375 e. The molecule has 0 atom stereocenters. The van der Waals surface area contributed by atoms with Gasteiger partial charge in [-0.1, -0.05) is 87.6 Å². The number of hydrogen-bond donors (Lipinski definition) is 0. The van der Waals surface area contributed by atoms with E-state index in [4.69, 9.17) is 6.57 Å². The Balaban J connectivity index is 1.55. The topological polar surface area (TPSA) is 82.2 Å². The summed E-state index contributed by atoms with van der Waals surface area (Å²) in [6, 6.07) is 37.8. The van der Waals surface area contributed by atoms with Crippen LogP contribution in [0.15, 0.2) is 91.0 Å². The van der Waals surface area contributed by atoms with E-state index >= 15 is 0 Å². The summed E-state index contributed by atoms with van der Waals surface area (Å²) in [4.78, 5) is 8.32. The smallest absolute Gasteiger partial charge is 0.332 e. The zero-order valence-corrected chi connectivity index (χ0v) is 27.4. The third-order valence-electron chi connectivity index (χ3n) is 10.3. The first-order valence-electron chi connectivity index (χ1n) is 15.5. The highest BCUT2D eigenvalue weighted by atomic mass is 28.3. The van der Waals surface area contributed by atoms with E-state index in [0.717, 1.165) is 49.7 Å². The number of nitrogens with zero attached hydrogens (tertiary/aromatic N) is 6. The average molecular weight is 619 g/mol. The van der Waals surface area contributed by atoms with E-state index in [9.17, 15) is 15.8 Å². The first-order chi connectivity index (χ1) is 22.7. The second-order valence-electron chi connectivity index (χ2n) is 13.4. The fraction of sp³-hybridized carbons (Fsp3) is 0.128. The van der Waals surface area contributed by atoms with Crippen LogP contribution < -0.4 is 31.0 Å². The Hall–Kier alpha value is -6.06. The summed E-state index contributed by atoms with van der Waals surface area (Å²) in [7, 11) is -2.65. The molecule has 8 rings (SSSR count). The molecule has 0 spiro atoms. The van der Waals surface area contributed by atoms with Crippen molar-refractivity contribution in [2.45, 2.75) is 32.4 Å². The molecule has 3 aliphatic rings. The third kappa shape index (κ3) is 3.63. The molecule has 8 heteroatoms. The van der Waals surface area contributed by atoms with Gasteiger partial charge in [-0.2, -0.15) is 15.8 Å². The number of benzene rings is 5. The van der Waals surface area contributed by atoms with Gasteiger partial charge in [0.2, 0.25) is 0 Å². The van der Waals surface area contributed by atoms with E-state index in [-0.39, 0.29) is 5.41 Å². The molecule has 0 amide bonds. The van der Waals surface area contributed by atoms with Gasteiger partial charge in [0.05, 0.1) is 41.1 Å². The summed E-state index contributed by atoms with van der Waals surface area (Å²) in [6.07, 6.45) is 0. The van der Waals surface area contributed by atoms with Crippen LogP contribution in [-0.4, -0.2) is 14.9 Å².